The summed E-state index contributed by atoms with van der Waals surface area (Å²) in [5.41, 5.74) is 3.67. The van der Waals surface area contributed by atoms with Crippen LogP contribution < -0.4 is 10.1 Å². The largest absolute Gasteiger partial charge is 0.492 e. The van der Waals surface area contributed by atoms with Crippen molar-refractivity contribution >= 4 is 40.4 Å². The molecular formula is C27H29N7OS2. The molecule has 0 unspecified atom stereocenters. The first-order chi connectivity index (χ1) is 18.3. The quantitative estimate of drug-likeness (QED) is 0.220. The number of pyridine rings is 1. The van der Waals surface area contributed by atoms with Crippen molar-refractivity contribution < 1.29 is 4.74 Å². The van der Waals surface area contributed by atoms with E-state index in [4.69, 9.17) is 9.84 Å². The lowest BCUT2D eigenvalue weighted by Crippen LogP contribution is -2.25. The fraction of sp³-hybridized carbons (Fsp3) is 0.296. The van der Waals surface area contributed by atoms with E-state index >= 15 is 0 Å². The van der Waals surface area contributed by atoms with Crippen molar-refractivity contribution in [3.63, 3.8) is 0 Å². The molecule has 37 heavy (non-hydrogen) atoms. The lowest BCUT2D eigenvalue weighted by Gasteiger charge is -2.15. The van der Waals surface area contributed by atoms with Gasteiger partial charge in [-0.25, -0.2) is 4.52 Å². The van der Waals surface area contributed by atoms with E-state index in [1.54, 1.807) is 11.3 Å². The highest BCUT2D eigenvalue weighted by Crippen LogP contribution is 2.25. The van der Waals surface area contributed by atoms with Gasteiger partial charge in [-0.1, -0.05) is 12.1 Å². The predicted molar refractivity (Wildman–Crippen MR) is 150 cm³/mol. The summed E-state index contributed by atoms with van der Waals surface area (Å²) in [6.45, 7) is 4.93. The van der Waals surface area contributed by atoms with Gasteiger partial charge in [-0.3, -0.25) is 9.58 Å². The van der Waals surface area contributed by atoms with Crippen LogP contribution in [0, 0.1) is 0 Å². The van der Waals surface area contributed by atoms with Crippen LogP contribution in [0.5, 0.6) is 5.75 Å². The Balaban J connectivity index is 1.08. The summed E-state index contributed by atoms with van der Waals surface area (Å²) in [7, 11) is 0. The maximum atomic E-state index is 5.92. The van der Waals surface area contributed by atoms with Crippen molar-refractivity contribution in [1.82, 2.24) is 29.3 Å². The van der Waals surface area contributed by atoms with E-state index in [1.165, 1.54) is 30.1 Å². The third kappa shape index (κ3) is 5.98. The van der Waals surface area contributed by atoms with Gasteiger partial charge in [0.15, 0.2) is 5.65 Å². The molecular weight excluding hydrogens is 502 g/mol. The average molecular weight is 532 g/mol. The Hall–Kier alpha value is -3.34. The maximum Gasteiger partial charge on any atom is 0.247 e. The molecule has 1 N–H and O–H groups in total. The van der Waals surface area contributed by atoms with Crippen LogP contribution in [-0.2, 0) is 6.54 Å². The Labute approximate surface area is 224 Å². The van der Waals surface area contributed by atoms with Gasteiger partial charge in [-0.15, -0.1) is 28.2 Å². The second kappa shape index (κ2) is 11.4. The van der Waals surface area contributed by atoms with Gasteiger partial charge < -0.3 is 10.1 Å². The van der Waals surface area contributed by atoms with Crippen LogP contribution in [0.2, 0.25) is 0 Å². The Morgan fingerprint density at radius 2 is 1.89 bits per heavy atom. The lowest BCUT2D eigenvalue weighted by atomic mass is 10.2. The Kier molecular flexibility index (Phi) is 7.38. The number of likely N-dealkylation sites (tertiary alicyclic amines) is 1. The topological polar surface area (TPSA) is 72.5 Å². The molecule has 1 fully saturated rings. The van der Waals surface area contributed by atoms with Gasteiger partial charge in [0, 0.05) is 29.7 Å². The lowest BCUT2D eigenvalue weighted by molar-refractivity contribution is 0.238. The van der Waals surface area contributed by atoms with Crippen LogP contribution in [0.25, 0.3) is 16.9 Å². The van der Waals surface area contributed by atoms with Crippen molar-refractivity contribution in [2.45, 2.75) is 23.6 Å². The third-order valence-corrected chi connectivity index (χ3v) is 8.45. The molecule has 0 spiro atoms. The molecule has 190 valence electrons. The highest BCUT2D eigenvalue weighted by molar-refractivity contribution is 8.01. The Bertz CT molecular complexity index is 1420. The minimum atomic E-state index is 0.551. The summed E-state index contributed by atoms with van der Waals surface area (Å²) in [5.74, 6) is 2.40. The number of aryl methyl sites for hydroxylation is 1. The molecule has 0 amide bonds. The van der Waals surface area contributed by atoms with E-state index in [9.17, 15) is 0 Å². The number of anilines is 2. The number of hydrogen-bond acceptors (Lipinski definition) is 8. The monoisotopic (exact) mass is 531 g/mol. The molecule has 1 aliphatic rings. The van der Waals surface area contributed by atoms with Crippen LogP contribution in [0.3, 0.4) is 0 Å². The number of benzene rings is 1. The number of ether oxygens (including phenoxy) is 1. The number of nitrogens with one attached hydrogen (secondary N) is 1. The van der Waals surface area contributed by atoms with Crippen LogP contribution in [-0.4, -0.2) is 61.3 Å². The second-order valence-electron chi connectivity index (χ2n) is 8.94. The molecule has 0 bridgehead atoms. The van der Waals surface area contributed by atoms with E-state index in [0.29, 0.717) is 12.6 Å². The van der Waals surface area contributed by atoms with Crippen LogP contribution >= 0.6 is 23.1 Å². The van der Waals surface area contributed by atoms with E-state index in [0.717, 1.165) is 47.2 Å². The zero-order valence-corrected chi connectivity index (χ0v) is 22.1. The maximum absolute atomic E-state index is 5.92. The van der Waals surface area contributed by atoms with Gasteiger partial charge in [0.25, 0.3) is 0 Å². The van der Waals surface area contributed by atoms with Crippen molar-refractivity contribution in [2.75, 3.05) is 37.3 Å². The third-order valence-electron chi connectivity index (χ3n) is 6.33. The molecule has 1 saturated heterocycles. The van der Waals surface area contributed by atoms with Crippen molar-refractivity contribution in [3.05, 3.63) is 72.4 Å². The Morgan fingerprint density at radius 3 is 2.73 bits per heavy atom. The average Bonchev–Trinajstić information content (AvgIpc) is 3.72. The first-order valence-corrected chi connectivity index (χ1v) is 14.4. The summed E-state index contributed by atoms with van der Waals surface area (Å²) in [6.07, 6.45) is 6.57. The summed E-state index contributed by atoms with van der Waals surface area (Å²) < 4.78 is 11.1. The fourth-order valence-corrected chi connectivity index (χ4v) is 6.23. The number of fused-ring (bicyclic) bond motifs is 1. The first kappa shape index (κ1) is 24.0. The van der Waals surface area contributed by atoms with Gasteiger partial charge in [0.2, 0.25) is 5.95 Å². The zero-order chi connectivity index (χ0) is 24.9. The normalized spacial score (nSPS) is 13.9. The molecule has 0 saturated carbocycles. The molecule has 0 radical (unpaired) electrons. The van der Waals surface area contributed by atoms with Gasteiger partial charge >= 0.3 is 0 Å². The minimum Gasteiger partial charge on any atom is -0.492 e. The SMILES string of the molecule is c1csc(SCCn2cc(-c3cccc4nc(Nc5ccc(OCCN6CCCC6)cc5)nn34)cn2)c1. The molecule has 0 atom stereocenters. The van der Waals surface area contributed by atoms with E-state index in [2.05, 4.69) is 44.0 Å². The predicted octanol–water partition coefficient (Wildman–Crippen LogP) is 5.66. The summed E-state index contributed by atoms with van der Waals surface area (Å²) in [5, 5.41) is 14.7. The second-order valence-corrected chi connectivity index (χ2v) is 11.3. The van der Waals surface area contributed by atoms with Gasteiger partial charge in [-0.2, -0.15) is 10.1 Å². The smallest absolute Gasteiger partial charge is 0.247 e. The van der Waals surface area contributed by atoms with Crippen molar-refractivity contribution in [3.8, 4) is 17.0 Å². The number of hydrogen-bond donors (Lipinski definition) is 1. The highest BCUT2D eigenvalue weighted by atomic mass is 32.2. The number of thiophene rings is 1. The standard InChI is InChI=1S/C27H29N7OS2/c1-2-13-32(12-1)14-16-35-23-10-8-22(9-11-23)29-27-30-25-6-3-5-24(34(25)31-27)21-19-28-33(20-21)15-18-37-26-7-4-17-36-26/h3-11,17,19-20H,1-2,12-16,18H2,(H,29,31). The minimum absolute atomic E-state index is 0.551. The molecule has 10 heteroatoms. The number of nitrogens with zero attached hydrogens (tertiary/aromatic N) is 6. The van der Waals surface area contributed by atoms with Gasteiger partial charge in [-0.05, 0) is 73.8 Å². The summed E-state index contributed by atoms with van der Waals surface area (Å²) >= 11 is 3.63. The first-order valence-electron chi connectivity index (χ1n) is 12.6. The fourth-order valence-electron chi connectivity index (χ4n) is 4.44. The van der Waals surface area contributed by atoms with E-state index in [1.807, 2.05) is 69.6 Å². The van der Waals surface area contributed by atoms with Crippen LogP contribution in [0.1, 0.15) is 12.8 Å². The molecule has 4 aromatic heterocycles. The van der Waals surface area contributed by atoms with E-state index < -0.39 is 0 Å². The summed E-state index contributed by atoms with van der Waals surface area (Å²) in [4.78, 5) is 7.12. The zero-order valence-electron chi connectivity index (χ0n) is 20.5. The van der Waals surface area contributed by atoms with Gasteiger partial charge in [0.1, 0.15) is 12.4 Å². The number of thioether (sulfide) groups is 1. The van der Waals surface area contributed by atoms with Crippen LogP contribution in [0.4, 0.5) is 11.6 Å². The molecule has 1 aliphatic heterocycles. The molecule has 6 rings (SSSR count). The van der Waals surface area contributed by atoms with E-state index in [-0.39, 0.29) is 0 Å². The highest BCUT2D eigenvalue weighted by Gasteiger charge is 2.12. The molecule has 0 aliphatic carbocycles. The molecule has 1 aromatic carbocycles. The number of aromatic nitrogens is 5. The number of rotatable bonds is 11. The van der Waals surface area contributed by atoms with Crippen molar-refractivity contribution in [1.29, 1.82) is 0 Å². The summed E-state index contributed by atoms with van der Waals surface area (Å²) in [6, 6.07) is 18.2. The van der Waals surface area contributed by atoms with Crippen LogP contribution in [0.15, 0.2) is 76.6 Å². The molecule has 5 aromatic rings. The molecule has 8 nitrogen and oxygen atoms in total. The van der Waals surface area contributed by atoms with Gasteiger partial charge in [0.05, 0.1) is 22.6 Å². The molecule has 5 heterocycles. The Morgan fingerprint density at radius 1 is 1.00 bits per heavy atom. The van der Waals surface area contributed by atoms with Crippen molar-refractivity contribution in [2.24, 2.45) is 0 Å².